The number of amides is 3. The van der Waals surface area contributed by atoms with Gasteiger partial charge in [-0.1, -0.05) is 12.1 Å². The second kappa shape index (κ2) is 13.8. The number of nitrogens with two attached hydrogens (primary N) is 1. The van der Waals surface area contributed by atoms with Gasteiger partial charge in [-0.2, -0.15) is 11.8 Å². The van der Waals surface area contributed by atoms with Gasteiger partial charge in [0, 0.05) is 24.9 Å². The summed E-state index contributed by atoms with van der Waals surface area (Å²) in [5.41, 5.74) is 7.44. The van der Waals surface area contributed by atoms with Crippen LogP contribution in [0.2, 0.25) is 0 Å². The molecule has 0 spiro atoms. The maximum Gasteiger partial charge on any atom is 0.326 e. The molecule has 1 fully saturated rings. The number of thioether (sulfide) groups is 1. The summed E-state index contributed by atoms with van der Waals surface area (Å²) in [5, 5.41) is 24.4. The summed E-state index contributed by atoms with van der Waals surface area (Å²) < 4.78 is 0. The predicted octanol–water partition coefficient (Wildman–Crippen LogP) is 0.0261. The number of carbonyl (C=O) groups is 4. The minimum Gasteiger partial charge on any atom is -0.508 e. The average molecular weight is 547 g/mol. The zero-order chi connectivity index (χ0) is 27.7. The molecule has 0 radical (unpaired) electrons. The number of likely N-dealkylation sites (tertiary alicyclic amines) is 1. The number of rotatable bonds is 13. The summed E-state index contributed by atoms with van der Waals surface area (Å²) in [6.07, 6.45) is 6.35. The Labute approximate surface area is 224 Å². The SMILES string of the molecule is CSCCC(NC(=O)C(Cc1cnc[nH]1)NC(=O)C(N)Cc1ccc(O)cc1)C(=O)N1CCCC1C(=O)O. The Bertz CT molecular complexity index is 1100. The van der Waals surface area contributed by atoms with Crippen LogP contribution in [0.4, 0.5) is 0 Å². The molecule has 4 atom stereocenters. The van der Waals surface area contributed by atoms with Crippen LogP contribution in [0, 0.1) is 0 Å². The van der Waals surface area contributed by atoms with Crippen molar-refractivity contribution in [1.82, 2.24) is 25.5 Å². The average Bonchev–Trinajstić information content (AvgIpc) is 3.59. The van der Waals surface area contributed by atoms with E-state index in [1.807, 2.05) is 6.26 Å². The maximum absolute atomic E-state index is 13.4. The van der Waals surface area contributed by atoms with E-state index in [0.717, 1.165) is 5.56 Å². The number of carbonyl (C=O) groups excluding carboxylic acids is 3. The number of aromatic amines is 1. The fourth-order valence-corrected chi connectivity index (χ4v) is 4.81. The molecule has 12 nitrogen and oxygen atoms in total. The number of H-pyrrole nitrogens is 1. The van der Waals surface area contributed by atoms with Crippen LogP contribution in [0.1, 0.15) is 30.5 Å². The lowest BCUT2D eigenvalue weighted by atomic mass is 10.0. The van der Waals surface area contributed by atoms with Crippen molar-refractivity contribution in [3.05, 3.63) is 48.0 Å². The number of aromatic nitrogens is 2. The highest BCUT2D eigenvalue weighted by molar-refractivity contribution is 7.98. The van der Waals surface area contributed by atoms with Crippen LogP contribution in [0.5, 0.6) is 5.75 Å². The first-order valence-corrected chi connectivity index (χ1v) is 13.7. The third-order valence-electron chi connectivity index (χ3n) is 6.39. The van der Waals surface area contributed by atoms with Gasteiger partial charge in [-0.15, -0.1) is 0 Å². The first kappa shape index (κ1) is 29.0. The molecule has 0 bridgehead atoms. The molecule has 0 aliphatic carbocycles. The van der Waals surface area contributed by atoms with Crippen molar-refractivity contribution >= 4 is 35.5 Å². The Morgan fingerprint density at radius 2 is 1.87 bits per heavy atom. The fraction of sp³-hybridized carbons (Fsp3) is 0.480. The topological polar surface area (TPSA) is 191 Å². The second-order valence-electron chi connectivity index (χ2n) is 9.19. The van der Waals surface area contributed by atoms with E-state index in [2.05, 4.69) is 20.6 Å². The lowest BCUT2D eigenvalue weighted by Gasteiger charge is -2.29. The Kier molecular flexibility index (Phi) is 10.5. The zero-order valence-corrected chi connectivity index (χ0v) is 21.9. The molecule has 3 amide bonds. The standard InChI is InChI=1S/C25H34N6O6S/c1-38-10-8-19(24(35)31-9-2-3-21(31)25(36)37)29-23(34)20(12-16-13-27-14-28-16)30-22(33)18(26)11-15-4-6-17(32)7-5-15/h4-7,13-14,18-21,32H,2-3,8-12,26H2,1H3,(H,27,28)(H,29,34)(H,30,33)(H,36,37). The van der Waals surface area contributed by atoms with E-state index in [1.165, 1.54) is 41.3 Å². The number of phenolic OH excluding ortho intramolecular Hbond substituents is 1. The van der Waals surface area contributed by atoms with Gasteiger partial charge in [0.2, 0.25) is 17.7 Å². The highest BCUT2D eigenvalue weighted by atomic mass is 32.2. The van der Waals surface area contributed by atoms with Crippen LogP contribution >= 0.6 is 11.8 Å². The van der Waals surface area contributed by atoms with Crippen LogP contribution in [-0.2, 0) is 32.0 Å². The number of nitrogens with zero attached hydrogens (tertiary/aromatic N) is 2. The van der Waals surface area contributed by atoms with Crippen molar-refractivity contribution in [3.63, 3.8) is 0 Å². The highest BCUT2D eigenvalue weighted by Gasteiger charge is 2.38. The summed E-state index contributed by atoms with van der Waals surface area (Å²) in [4.78, 5) is 59.4. The third-order valence-corrected chi connectivity index (χ3v) is 7.03. The van der Waals surface area contributed by atoms with Crippen molar-refractivity contribution in [2.75, 3.05) is 18.6 Å². The van der Waals surface area contributed by atoms with E-state index in [1.54, 1.807) is 12.1 Å². The molecule has 1 aromatic carbocycles. The number of hydrogen-bond acceptors (Lipinski definition) is 8. The van der Waals surface area contributed by atoms with Crippen LogP contribution in [0.3, 0.4) is 0 Å². The molecule has 4 unspecified atom stereocenters. The normalized spacial score (nSPS) is 17.4. The molecule has 3 rings (SSSR count). The van der Waals surface area contributed by atoms with Gasteiger partial charge in [0.25, 0.3) is 0 Å². The minimum atomic E-state index is -1.07. The number of benzene rings is 1. The van der Waals surface area contributed by atoms with Crippen LogP contribution in [-0.4, -0.2) is 91.5 Å². The minimum absolute atomic E-state index is 0.0778. The molecule has 1 aliphatic rings. The van der Waals surface area contributed by atoms with Crippen LogP contribution in [0.25, 0.3) is 0 Å². The fourth-order valence-electron chi connectivity index (χ4n) is 4.34. The molecule has 1 aromatic heterocycles. The smallest absolute Gasteiger partial charge is 0.326 e. The summed E-state index contributed by atoms with van der Waals surface area (Å²) in [6, 6.07) is 2.41. The van der Waals surface area contributed by atoms with Crippen molar-refractivity contribution in [2.45, 2.75) is 56.3 Å². The van der Waals surface area contributed by atoms with E-state index in [9.17, 15) is 29.4 Å². The first-order valence-electron chi connectivity index (χ1n) is 12.3. The Morgan fingerprint density at radius 1 is 1.16 bits per heavy atom. The molecular weight excluding hydrogens is 512 g/mol. The lowest BCUT2D eigenvalue weighted by Crippen LogP contribution is -2.58. The van der Waals surface area contributed by atoms with Gasteiger partial charge >= 0.3 is 5.97 Å². The van der Waals surface area contributed by atoms with Crippen LogP contribution in [0.15, 0.2) is 36.8 Å². The summed E-state index contributed by atoms with van der Waals surface area (Å²) >= 11 is 1.50. The second-order valence-corrected chi connectivity index (χ2v) is 10.2. The first-order chi connectivity index (χ1) is 18.2. The number of carboxylic acid groups (broad SMARTS) is 1. The van der Waals surface area contributed by atoms with Crippen molar-refractivity contribution in [1.29, 1.82) is 0 Å². The molecule has 1 saturated heterocycles. The Balaban J connectivity index is 1.73. The Hall–Kier alpha value is -3.58. The van der Waals surface area contributed by atoms with Crippen LogP contribution < -0.4 is 16.4 Å². The number of carboxylic acids is 1. The predicted molar refractivity (Wildman–Crippen MR) is 141 cm³/mol. The van der Waals surface area contributed by atoms with E-state index in [4.69, 9.17) is 5.73 Å². The molecule has 7 N–H and O–H groups in total. The molecular formula is C25H34N6O6S. The number of hydrogen-bond donors (Lipinski definition) is 6. The Morgan fingerprint density at radius 3 is 2.50 bits per heavy atom. The van der Waals surface area contributed by atoms with Gasteiger partial charge in [-0.3, -0.25) is 14.4 Å². The molecule has 1 aliphatic heterocycles. The van der Waals surface area contributed by atoms with Crippen molar-refractivity contribution in [2.24, 2.45) is 5.73 Å². The number of aromatic hydroxyl groups is 1. The molecule has 206 valence electrons. The highest BCUT2D eigenvalue weighted by Crippen LogP contribution is 2.20. The van der Waals surface area contributed by atoms with Crippen molar-refractivity contribution < 1.29 is 29.4 Å². The van der Waals surface area contributed by atoms with Crippen molar-refractivity contribution in [3.8, 4) is 5.75 Å². The molecule has 2 heterocycles. The molecule has 38 heavy (non-hydrogen) atoms. The molecule has 0 saturated carbocycles. The number of phenols is 1. The van der Waals surface area contributed by atoms with Gasteiger partial charge in [0.05, 0.1) is 12.4 Å². The van der Waals surface area contributed by atoms with Gasteiger partial charge in [0.1, 0.15) is 23.9 Å². The van der Waals surface area contributed by atoms with Gasteiger partial charge in [0.15, 0.2) is 0 Å². The number of aliphatic carboxylic acids is 1. The van der Waals surface area contributed by atoms with Gasteiger partial charge in [-0.25, -0.2) is 9.78 Å². The van der Waals surface area contributed by atoms with E-state index in [-0.39, 0.29) is 18.6 Å². The van der Waals surface area contributed by atoms with E-state index in [0.29, 0.717) is 37.3 Å². The zero-order valence-electron chi connectivity index (χ0n) is 21.1. The van der Waals surface area contributed by atoms with Gasteiger partial charge < -0.3 is 36.5 Å². The van der Waals surface area contributed by atoms with Gasteiger partial charge in [-0.05, 0) is 55.4 Å². The quantitative estimate of drug-likeness (QED) is 0.201. The number of imidazole rings is 1. The van der Waals surface area contributed by atoms with E-state index >= 15 is 0 Å². The largest absolute Gasteiger partial charge is 0.508 e. The third kappa shape index (κ3) is 7.96. The molecule has 2 aromatic rings. The summed E-state index contributed by atoms with van der Waals surface area (Å²) in [5.74, 6) is -2.01. The summed E-state index contributed by atoms with van der Waals surface area (Å²) in [6.45, 7) is 0.307. The number of nitrogens with one attached hydrogen (secondary N) is 3. The summed E-state index contributed by atoms with van der Waals surface area (Å²) in [7, 11) is 0. The molecule has 13 heteroatoms. The lowest BCUT2D eigenvalue weighted by molar-refractivity contribution is -0.149. The monoisotopic (exact) mass is 546 g/mol. The maximum atomic E-state index is 13.4. The van der Waals surface area contributed by atoms with E-state index < -0.39 is 47.9 Å².